The molecule has 1 rings (SSSR count). The van der Waals surface area contributed by atoms with Gasteiger partial charge < -0.3 is 53.6 Å². The second-order valence-corrected chi connectivity index (χ2v) is 14.5. The van der Waals surface area contributed by atoms with Crippen molar-refractivity contribution in [1.29, 1.82) is 0 Å². The Balaban J connectivity index is 3.00. The standard InChI is InChI=1S/C35H56N8O10S/c1-19(2)15-24(32(50)40-23(30(37)48)12-14-54-5)39-27(45)11-13-38-35(53)29(20(3)4)43-33(51)25(16-21-9-7-6-8-10-21)41-34(52)26(18-44)42-31(49)22(36)17-28(46)47/h6-10,19-20,22-26,29,44H,11-18,36H2,1-5H3,(H2,37,48)(H,38,53)(H,39,45)(H,40,50)(H,41,52)(H,42,49)(H,43,51)(H,46,47)/t22-,23-,24-,25-,26-,29-/m0/s1. The topological polar surface area (TPSA) is 301 Å². The predicted molar refractivity (Wildman–Crippen MR) is 201 cm³/mol. The van der Waals surface area contributed by atoms with Gasteiger partial charge in [-0.15, -0.1) is 0 Å². The third-order valence-corrected chi connectivity index (χ3v) is 8.63. The Labute approximate surface area is 319 Å². The number of primary amides is 1. The molecule has 0 aromatic heterocycles. The van der Waals surface area contributed by atoms with E-state index < -0.39 is 103 Å². The third-order valence-electron chi connectivity index (χ3n) is 7.99. The van der Waals surface area contributed by atoms with Crippen LogP contribution < -0.4 is 43.4 Å². The summed E-state index contributed by atoms with van der Waals surface area (Å²) >= 11 is 1.49. The number of rotatable bonds is 25. The Bertz CT molecular complexity index is 1430. The molecule has 0 heterocycles. The molecule has 1 aromatic rings. The molecule has 0 aliphatic carbocycles. The van der Waals surface area contributed by atoms with E-state index in [1.54, 1.807) is 44.2 Å². The van der Waals surface area contributed by atoms with Gasteiger partial charge in [0.15, 0.2) is 0 Å². The number of aliphatic hydroxyl groups is 1. The normalized spacial score (nSPS) is 14.4. The number of aliphatic hydroxyl groups excluding tert-OH is 1. The molecule has 7 amide bonds. The SMILES string of the molecule is CSCC[C@H](NC(=O)[C@H](CC(C)C)NC(=O)CCNC(=O)[C@@H](NC(=O)[C@H](Cc1ccccc1)NC(=O)[C@H](CO)NC(=O)[C@@H](N)CC(=O)O)C(C)C)C(N)=O. The van der Waals surface area contributed by atoms with Gasteiger partial charge in [-0.1, -0.05) is 58.0 Å². The van der Waals surface area contributed by atoms with E-state index in [1.165, 1.54) is 11.8 Å². The van der Waals surface area contributed by atoms with E-state index in [9.17, 15) is 43.5 Å². The number of hydrogen-bond acceptors (Lipinski definition) is 11. The summed E-state index contributed by atoms with van der Waals surface area (Å²) in [6.07, 6.45) is 1.49. The lowest BCUT2D eigenvalue weighted by molar-refractivity contribution is -0.140. The molecule has 0 spiro atoms. The van der Waals surface area contributed by atoms with Crippen LogP contribution in [0.3, 0.4) is 0 Å². The molecule has 0 saturated heterocycles. The Morgan fingerprint density at radius 2 is 1.33 bits per heavy atom. The van der Waals surface area contributed by atoms with Gasteiger partial charge in [0.2, 0.25) is 41.4 Å². The van der Waals surface area contributed by atoms with Gasteiger partial charge in [0.25, 0.3) is 0 Å². The average Bonchev–Trinajstić information content (AvgIpc) is 3.09. The number of thioether (sulfide) groups is 1. The van der Waals surface area contributed by atoms with Crippen molar-refractivity contribution in [3.05, 3.63) is 35.9 Å². The van der Waals surface area contributed by atoms with Crippen molar-refractivity contribution in [2.45, 2.75) is 96.1 Å². The zero-order valence-corrected chi connectivity index (χ0v) is 32.2. The van der Waals surface area contributed by atoms with Gasteiger partial charge >= 0.3 is 5.97 Å². The second-order valence-electron chi connectivity index (χ2n) is 13.5. The van der Waals surface area contributed by atoms with E-state index in [2.05, 4.69) is 31.9 Å². The first kappa shape index (κ1) is 47.3. The molecule has 19 heteroatoms. The van der Waals surface area contributed by atoms with Crippen LogP contribution in [-0.4, -0.2) is 119 Å². The van der Waals surface area contributed by atoms with E-state index in [0.717, 1.165) is 0 Å². The van der Waals surface area contributed by atoms with Crippen molar-refractivity contribution < 1.29 is 48.6 Å². The molecular weight excluding hydrogens is 724 g/mol. The largest absolute Gasteiger partial charge is 0.481 e. The fourth-order valence-corrected chi connectivity index (χ4v) is 5.52. The number of benzene rings is 1. The Kier molecular flexibility index (Phi) is 21.5. The van der Waals surface area contributed by atoms with E-state index >= 15 is 0 Å². The van der Waals surface area contributed by atoms with E-state index in [1.807, 2.05) is 20.1 Å². The van der Waals surface area contributed by atoms with Crippen LogP contribution in [0.4, 0.5) is 0 Å². The van der Waals surface area contributed by atoms with Crippen molar-refractivity contribution in [1.82, 2.24) is 31.9 Å². The number of amides is 7. The monoisotopic (exact) mass is 780 g/mol. The lowest BCUT2D eigenvalue weighted by Crippen LogP contribution is -2.59. The highest BCUT2D eigenvalue weighted by molar-refractivity contribution is 7.98. The maximum atomic E-state index is 13.6. The highest BCUT2D eigenvalue weighted by atomic mass is 32.2. The number of carbonyl (C=O) groups excluding carboxylic acids is 7. The molecule has 0 bridgehead atoms. The molecule has 1 aromatic carbocycles. The van der Waals surface area contributed by atoms with E-state index in [4.69, 9.17) is 16.6 Å². The highest BCUT2D eigenvalue weighted by Gasteiger charge is 2.32. The molecule has 0 saturated carbocycles. The summed E-state index contributed by atoms with van der Waals surface area (Å²) < 4.78 is 0. The van der Waals surface area contributed by atoms with Crippen LogP contribution >= 0.6 is 11.8 Å². The maximum Gasteiger partial charge on any atom is 0.305 e. The number of carbonyl (C=O) groups is 8. The fourth-order valence-electron chi connectivity index (χ4n) is 5.05. The lowest BCUT2D eigenvalue weighted by Gasteiger charge is -2.27. The van der Waals surface area contributed by atoms with Crippen LogP contribution in [0.5, 0.6) is 0 Å². The molecular formula is C35H56N8O10S. The van der Waals surface area contributed by atoms with Gasteiger partial charge in [-0.3, -0.25) is 38.4 Å². The van der Waals surface area contributed by atoms with Crippen LogP contribution in [0, 0.1) is 11.8 Å². The quantitative estimate of drug-likeness (QED) is 0.0510. The number of carboxylic acid groups (broad SMARTS) is 1. The number of aliphatic carboxylic acids is 1. The molecule has 0 fully saturated rings. The molecule has 12 N–H and O–H groups in total. The smallest absolute Gasteiger partial charge is 0.305 e. The van der Waals surface area contributed by atoms with Gasteiger partial charge in [0.05, 0.1) is 19.1 Å². The predicted octanol–water partition coefficient (Wildman–Crippen LogP) is -2.11. The second kappa shape index (κ2) is 24.5. The third kappa shape index (κ3) is 17.8. The first-order valence-electron chi connectivity index (χ1n) is 17.6. The summed E-state index contributed by atoms with van der Waals surface area (Å²) in [5, 5.41) is 33.9. The summed E-state index contributed by atoms with van der Waals surface area (Å²) in [4.78, 5) is 101. The van der Waals surface area contributed by atoms with Gasteiger partial charge in [-0.05, 0) is 42.2 Å². The number of hydrogen-bond donors (Lipinski definition) is 10. The fraction of sp³-hybridized carbons (Fsp3) is 0.600. The van der Waals surface area contributed by atoms with Crippen LogP contribution in [0.15, 0.2) is 30.3 Å². The first-order valence-corrected chi connectivity index (χ1v) is 19.0. The van der Waals surface area contributed by atoms with Crippen LogP contribution in [0.1, 0.15) is 58.9 Å². The summed E-state index contributed by atoms with van der Waals surface area (Å²) in [7, 11) is 0. The molecule has 302 valence electrons. The van der Waals surface area contributed by atoms with Gasteiger partial charge in [0, 0.05) is 19.4 Å². The summed E-state index contributed by atoms with van der Waals surface area (Å²) in [5.74, 6) is -6.34. The minimum atomic E-state index is -1.57. The Morgan fingerprint density at radius 3 is 1.87 bits per heavy atom. The molecule has 0 unspecified atom stereocenters. The van der Waals surface area contributed by atoms with Gasteiger partial charge in [-0.2, -0.15) is 11.8 Å². The van der Waals surface area contributed by atoms with Gasteiger partial charge in [0.1, 0.15) is 30.2 Å². The van der Waals surface area contributed by atoms with Crippen molar-refractivity contribution >= 4 is 59.1 Å². The van der Waals surface area contributed by atoms with Crippen molar-refractivity contribution in [2.24, 2.45) is 23.3 Å². The molecule has 0 aliphatic heterocycles. The molecule has 0 aliphatic rings. The number of nitrogens with one attached hydrogen (secondary N) is 6. The summed E-state index contributed by atoms with van der Waals surface area (Å²) in [5.41, 5.74) is 11.6. The van der Waals surface area contributed by atoms with Crippen LogP contribution in [-0.2, 0) is 44.8 Å². The first-order chi connectivity index (χ1) is 25.4. The Morgan fingerprint density at radius 1 is 0.759 bits per heavy atom. The average molecular weight is 781 g/mol. The molecule has 6 atom stereocenters. The zero-order chi connectivity index (χ0) is 41.0. The Hall–Kier alpha value is -4.75. The highest BCUT2D eigenvalue weighted by Crippen LogP contribution is 2.09. The van der Waals surface area contributed by atoms with Crippen molar-refractivity contribution in [2.75, 3.05) is 25.2 Å². The molecule has 0 radical (unpaired) electrons. The summed E-state index contributed by atoms with van der Waals surface area (Å²) in [6.45, 7) is 6.04. The zero-order valence-electron chi connectivity index (χ0n) is 31.4. The maximum absolute atomic E-state index is 13.6. The van der Waals surface area contributed by atoms with E-state index in [-0.39, 0.29) is 31.7 Å². The van der Waals surface area contributed by atoms with Gasteiger partial charge in [-0.25, -0.2) is 0 Å². The van der Waals surface area contributed by atoms with E-state index in [0.29, 0.717) is 17.7 Å². The minimum Gasteiger partial charge on any atom is -0.481 e. The van der Waals surface area contributed by atoms with Crippen LogP contribution in [0.2, 0.25) is 0 Å². The number of nitrogens with two attached hydrogens (primary N) is 2. The molecule has 18 nitrogen and oxygen atoms in total. The lowest BCUT2D eigenvalue weighted by atomic mass is 10.0. The van der Waals surface area contributed by atoms with Crippen LogP contribution in [0.25, 0.3) is 0 Å². The minimum absolute atomic E-state index is 0.0142. The summed E-state index contributed by atoms with van der Waals surface area (Å²) in [6, 6.07) is 1.26. The number of carboxylic acids is 1. The molecule has 54 heavy (non-hydrogen) atoms. The van der Waals surface area contributed by atoms with Crippen molar-refractivity contribution in [3.8, 4) is 0 Å². The van der Waals surface area contributed by atoms with Crippen molar-refractivity contribution in [3.63, 3.8) is 0 Å².